The number of thiophene rings is 2. The number of amides is 1. The molecule has 0 aliphatic rings. The van der Waals surface area contributed by atoms with Crippen LogP contribution in [0.15, 0.2) is 17.5 Å². The molecule has 0 aliphatic carbocycles. The predicted octanol–water partition coefficient (Wildman–Crippen LogP) is 3.65. The SMILES string of the molecule is CCOC(=O)c1c(NC(=O)COC(=O)c2cccs2)sc(CC)c1C. The van der Waals surface area contributed by atoms with Gasteiger partial charge in [-0.05, 0) is 37.3 Å². The predicted molar refractivity (Wildman–Crippen MR) is 97.6 cm³/mol. The van der Waals surface area contributed by atoms with Gasteiger partial charge in [-0.3, -0.25) is 4.79 Å². The number of hydrogen-bond acceptors (Lipinski definition) is 7. The molecule has 0 spiro atoms. The Morgan fingerprint density at radius 3 is 2.52 bits per heavy atom. The highest BCUT2D eigenvalue weighted by molar-refractivity contribution is 7.17. The molecule has 1 amide bonds. The van der Waals surface area contributed by atoms with Crippen LogP contribution in [0.5, 0.6) is 0 Å². The Morgan fingerprint density at radius 1 is 1.16 bits per heavy atom. The first-order valence-corrected chi connectivity index (χ1v) is 9.47. The van der Waals surface area contributed by atoms with Crippen LogP contribution < -0.4 is 5.32 Å². The third-order valence-electron chi connectivity index (χ3n) is 3.36. The van der Waals surface area contributed by atoms with Crippen molar-refractivity contribution in [3.05, 3.63) is 38.4 Å². The van der Waals surface area contributed by atoms with Crippen molar-refractivity contribution in [3.8, 4) is 0 Å². The van der Waals surface area contributed by atoms with E-state index in [0.717, 1.165) is 16.9 Å². The molecule has 1 N–H and O–H groups in total. The second kappa shape index (κ2) is 8.77. The van der Waals surface area contributed by atoms with Gasteiger partial charge < -0.3 is 14.8 Å². The first kappa shape index (κ1) is 19.1. The van der Waals surface area contributed by atoms with Crippen LogP contribution in [0.25, 0.3) is 0 Å². The summed E-state index contributed by atoms with van der Waals surface area (Å²) in [5.74, 6) is -1.52. The van der Waals surface area contributed by atoms with E-state index in [4.69, 9.17) is 9.47 Å². The summed E-state index contributed by atoms with van der Waals surface area (Å²) in [7, 11) is 0. The van der Waals surface area contributed by atoms with E-state index in [0.29, 0.717) is 15.4 Å². The summed E-state index contributed by atoms with van der Waals surface area (Å²) in [6, 6.07) is 3.35. The molecule has 0 fully saturated rings. The maximum absolute atomic E-state index is 12.2. The number of carbonyl (C=O) groups is 3. The van der Waals surface area contributed by atoms with E-state index in [1.54, 1.807) is 24.4 Å². The number of anilines is 1. The summed E-state index contributed by atoms with van der Waals surface area (Å²) in [5.41, 5.74) is 1.17. The number of aryl methyl sites for hydroxylation is 1. The average Bonchev–Trinajstić information content (AvgIpc) is 3.21. The summed E-state index contributed by atoms with van der Waals surface area (Å²) in [5, 5.41) is 4.83. The van der Waals surface area contributed by atoms with Crippen molar-refractivity contribution in [1.82, 2.24) is 0 Å². The monoisotopic (exact) mass is 381 g/mol. The third-order valence-corrected chi connectivity index (χ3v) is 5.56. The molecule has 25 heavy (non-hydrogen) atoms. The van der Waals surface area contributed by atoms with Gasteiger partial charge in [-0.15, -0.1) is 22.7 Å². The fraction of sp³-hybridized carbons (Fsp3) is 0.353. The molecule has 0 radical (unpaired) electrons. The molecule has 2 rings (SSSR count). The molecule has 0 saturated carbocycles. The Hall–Kier alpha value is -2.19. The fourth-order valence-electron chi connectivity index (χ4n) is 2.19. The summed E-state index contributed by atoms with van der Waals surface area (Å²) < 4.78 is 10.0. The van der Waals surface area contributed by atoms with Crippen LogP contribution in [-0.4, -0.2) is 31.1 Å². The average molecular weight is 381 g/mol. The third kappa shape index (κ3) is 4.67. The summed E-state index contributed by atoms with van der Waals surface area (Å²) in [6.07, 6.45) is 0.742. The second-order valence-electron chi connectivity index (χ2n) is 5.03. The highest BCUT2D eigenvalue weighted by atomic mass is 32.1. The van der Waals surface area contributed by atoms with E-state index in [-0.39, 0.29) is 6.61 Å². The lowest BCUT2D eigenvalue weighted by atomic mass is 10.1. The van der Waals surface area contributed by atoms with E-state index in [2.05, 4.69) is 5.32 Å². The number of hydrogen-bond donors (Lipinski definition) is 1. The molecule has 6 nitrogen and oxygen atoms in total. The summed E-state index contributed by atoms with van der Waals surface area (Å²) in [4.78, 5) is 37.5. The van der Waals surface area contributed by atoms with Crippen LogP contribution in [0.4, 0.5) is 5.00 Å². The van der Waals surface area contributed by atoms with Crippen molar-refractivity contribution in [2.45, 2.75) is 27.2 Å². The minimum atomic E-state index is -0.549. The van der Waals surface area contributed by atoms with Gasteiger partial charge in [-0.25, -0.2) is 9.59 Å². The number of esters is 2. The number of carbonyl (C=O) groups excluding carboxylic acids is 3. The van der Waals surface area contributed by atoms with Gasteiger partial charge >= 0.3 is 11.9 Å². The Labute approximate surface area is 153 Å². The van der Waals surface area contributed by atoms with Crippen LogP contribution in [0.2, 0.25) is 0 Å². The van der Waals surface area contributed by atoms with Gasteiger partial charge in [0.25, 0.3) is 5.91 Å². The van der Waals surface area contributed by atoms with Gasteiger partial charge in [0.15, 0.2) is 6.61 Å². The number of rotatable bonds is 7. The van der Waals surface area contributed by atoms with Gasteiger partial charge in [0.05, 0.1) is 12.2 Å². The topological polar surface area (TPSA) is 81.7 Å². The lowest BCUT2D eigenvalue weighted by Crippen LogP contribution is -2.21. The zero-order chi connectivity index (χ0) is 18.4. The van der Waals surface area contributed by atoms with Crippen LogP contribution in [0.1, 0.15) is 44.3 Å². The van der Waals surface area contributed by atoms with Crippen molar-refractivity contribution in [1.29, 1.82) is 0 Å². The van der Waals surface area contributed by atoms with Gasteiger partial charge in [0.2, 0.25) is 0 Å². The molecule has 0 atom stereocenters. The lowest BCUT2D eigenvalue weighted by Gasteiger charge is -2.07. The van der Waals surface area contributed by atoms with Crippen LogP contribution in [0, 0.1) is 6.92 Å². The fourth-order valence-corrected chi connectivity index (χ4v) is 3.96. The largest absolute Gasteiger partial charge is 0.462 e. The zero-order valence-electron chi connectivity index (χ0n) is 14.2. The van der Waals surface area contributed by atoms with Gasteiger partial charge in [-0.1, -0.05) is 13.0 Å². The Kier molecular flexibility index (Phi) is 6.72. The quantitative estimate of drug-likeness (QED) is 0.740. The first-order chi connectivity index (χ1) is 12.0. The van der Waals surface area contributed by atoms with Crippen molar-refractivity contribution in [2.75, 3.05) is 18.5 Å². The molecular weight excluding hydrogens is 362 g/mol. The van der Waals surface area contributed by atoms with Crippen molar-refractivity contribution >= 4 is 45.5 Å². The molecule has 8 heteroatoms. The highest BCUT2D eigenvalue weighted by Gasteiger charge is 2.23. The molecule has 0 aliphatic heterocycles. The van der Waals surface area contributed by atoms with Crippen LogP contribution >= 0.6 is 22.7 Å². The van der Waals surface area contributed by atoms with E-state index < -0.39 is 24.5 Å². The van der Waals surface area contributed by atoms with Crippen LogP contribution in [-0.2, 0) is 20.7 Å². The molecule has 0 bridgehead atoms. The highest BCUT2D eigenvalue weighted by Crippen LogP contribution is 2.34. The minimum absolute atomic E-state index is 0.251. The van der Waals surface area contributed by atoms with E-state index in [1.165, 1.54) is 22.7 Å². The Balaban J connectivity index is 2.06. The molecule has 0 aromatic carbocycles. The maximum Gasteiger partial charge on any atom is 0.348 e. The zero-order valence-corrected chi connectivity index (χ0v) is 15.8. The molecular formula is C17H19NO5S2. The summed E-state index contributed by atoms with van der Waals surface area (Å²) in [6.45, 7) is 5.36. The van der Waals surface area contributed by atoms with E-state index >= 15 is 0 Å². The molecule has 0 saturated heterocycles. The smallest absolute Gasteiger partial charge is 0.348 e. The first-order valence-electron chi connectivity index (χ1n) is 7.77. The maximum atomic E-state index is 12.2. The number of nitrogens with one attached hydrogen (secondary N) is 1. The Morgan fingerprint density at radius 2 is 1.92 bits per heavy atom. The molecule has 2 aromatic rings. The van der Waals surface area contributed by atoms with Gasteiger partial charge in [0, 0.05) is 4.88 Å². The molecule has 2 heterocycles. The molecule has 134 valence electrons. The van der Waals surface area contributed by atoms with Crippen molar-refractivity contribution in [2.24, 2.45) is 0 Å². The van der Waals surface area contributed by atoms with Gasteiger partial charge in [0.1, 0.15) is 9.88 Å². The van der Waals surface area contributed by atoms with Crippen molar-refractivity contribution < 1.29 is 23.9 Å². The molecule has 0 unspecified atom stereocenters. The van der Waals surface area contributed by atoms with E-state index in [1.807, 2.05) is 13.8 Å². The lowest BCUT2D eigenvalue weighted by molar-refractivity contribution is -0.119. The van der Waals surface area contributed by atoms with Crippen molar-refractivity contribution in [3.63, 3.8) is 0 Å². The normalized spacial score (nSPS) is 10.4. The summed E-state index contributed by atoms with van der Waals surface area (Å²) >= 11 is 2.57. The van der Waals surface area contributed by atoms with E-state index in [9.17, 15) is 14.4 Å². The van der Waals surface area contributed by atoms with Crippen LogP contribution in [0.3, 0.4) is 0 Å². The second-order valence-corrected chi connectivity index (χ2v) is 7.08. The standard InChI is InChI=1S/C17H19NO5S2/c1-4-11-10(3)14(17(21)22-5-2)15(25-11)18-13(19)9-23-16(20)12-7-6-8-24-12/h6-8H,4-5,9H2,1-3H3,(H,18,19). The number of ether oxygens (including phenoxy) is 2. The Bertz CT molecular complexity index is 764. The molecule has 2 aromatic heterocycles. The minimum Gasteiger partial charge on any atom is -0.462 e. The van der Waals surface area contributed by atoms with Gasteiger partial charge in [-0.2, -0.15) is 0 Å².